The molecule has 0 saturated heterocycles. The van der Waals surface area contributed by atoms with Crippen LogP contribution in [-0.2, 0) is 6.42 Å². The number of hydrogen-bond acceptors (Lipinski definition) is 3. The SMILES string of the molecule is CC(O)CC(C)Cc1nc2ccccc2s1. The number of aliphatic hydroxyl groups is 1. The van der Waals surface area contributed by atoms with Crippen molar-refractivity contribution < 1.29 is 5.11 Å². The van der Waals surface area contributed by atoms with Gasteiger partial charge in [-0.05, 0) is 31.4 Å². The second-order valence-corrected chi connectivity index (χ2v) is 5.58. The van der Waals surface area contributed by atoms with Crippen LogP contribution in [0.2, 0.25) is 0 Å². The normalized spacial score (nSPS) is 15.2. The first-order valence-corrected chi connectivity index (χ1v) is 6.49. The van der Waals surface area contributed by atoms with E-state index in [1.807, 2.05) is 19.1 Å². The summed E-state index contributed by atoms with van der Waals surface area (Å²) in [7, 11) is 0. The van der Waals surface area contributed by atoms with Crippen LogP contribution in [0.25, 0.3) is 10.2 Å². The van der Waals surface area contributed by atoms with Crippen LogP contribution >= 0.6 is 11.3 Å². The average Bonchev–Trinajstić information content (AvgIpc) is 2.57. The predicted octanol–water partition coefficient (Wildman–Crippen LogP) is 3.25. The minimum absolute atomic E-state index is 0.218. The van der Waals surface area contributed by atoms with Crippen molar-refractivity contribution >= 4 is 21.6 Å². The maximum atomic E-state index is 9.32. The molecule has 0 aliphatic carbocycles. The van der Waals surface area contributed by atoms with E-state index in [-0.39, 0.29) is 6.10 Å². The molecule has 0 saturated carbocycles. The highest BCUT2D eigenvalue weighted by Crippen LogP contribution is 2.24. The number of rotatable bonds is 4. The van der Waals surface area contributed by atoms with Gasteiger partial charge in [0.1, 0.15) is 0 Å². The van der Waals surface area contributed by atoms with E-state index in [1.54, 1.807) is 11.3 Å². The molecule has 2 atom stereocenters. The van der Waals surface area contributed by atoms with E-state index in [4.69, 9.17) is 0 Å². The van der Waals surface area contributed by atoms with Crippen LogP contribution in [0.4, 0.5) is 0 Å². The zero-order valence-electron chi connectivity index (χ0n) is 9.68. The lowest BCUT2D eigenvalue weighted by Gasteiger charge is -2.10. The predicted molar refractivity (Wildman–Crippen MR) is 68.8 cm³/mol. The number of thiazole rings is 1. The zero-order chi connectivity index (χ0) is 11.5. The monoisotopic (exact) mass is 235 g/mol. The van der Waals surface area contributed by atoms with Crippen molar-refractivity contribution in [2.24, 2.45) is 5.92 Å². The Morgan fingerprint density at radius 1 is 1.31 bits per heavy atom. The van der Waals surface area contributed by atoms with Gasteiger partial charge in [0, 0.05) is 6.42 Å². The van der Waals surface area contributed by atoms with Crippen LogP contribution in [-0.4, -0.2) is 16.2 Å². The summed E-state index contributed by atoms with van der Waals surface area (Å²) < 4.78 is 1.25. The van der Waals surface area contributed by atoms with Gasteiger partial charge in [-0.1, -0.05) is 19.1 Å². The number of aliphatic hydroxyl groups excluding tert-OH is 1. The van der Waals surface area contributed by atoms with Gasteiger partial charge >= 0.3 is 0 Å². The third-order valence-electron chi connectivity index (χ3n) is 2.60. The van der Waals surface area contributed by atoms with Crippen molar-refractivity contribution in [3.05, 3.63) is 29.3 Å². The van der Waals surface area contributed by atoms with Crippen LogP contribution < -0.4 is 0 Å². The minimum Gasteiger partial charge on any atom is -0.393 e. The molecule has 16 heavy (non-hydrogen) atoms. The van der Waals surface area contributed by atoms with E-state index < -0.39 is 0 Å². The molecule has 3 heteroatoms. The zero-order valence-corrected chi connectivity index (χ0v) is 10.5. The summed E-state index contributed by atoms with van der Waals surface area (Å²) in [5.74, 6) is 0.487. The number of aromatic nitrogens is 1. The molecule has 86 valence electrons. The molecular weight excluding hydrogens is 218 g/mol. The molecule has 2 rings (SSSR count). The fourth-order valence-corrected chi connectivity index (χ4v) is 3.10. The highest BCUT2D eigenvalue weighted by atomic mass is 32.1. The van der Waals surface area contributed by atoms with Gasteiger partial charge in [-0.25, -0.2) is 4.98 Å². The fourth-order valence-electron chi connectivity index (χ4n) is 1.97. The van der Waals surface area contributed by atoms with Crippen molar-refractivity contribution in [3.63, 3.8) is 0 Å². The summed E-state index contributed by atoms with van der Waals surface area (Å²) in [4.78, 5) is 4.60. The maximum Gasteiger partial charge on any atom is 0.0941 e. The molecule has 0 spiro atoms. The Kier molecular flexibility index (Phi) is 3.56. The van der Waals surface area contributed by atoms with E-state index in [0.717, 1.165) is 18.4 Å². The van der Waals surface area contributed by atoms with E-state index in [1.165, 1.54) is 9.71 Å². The number of nitrogens with zero attached hydrogens (tertiary/aromatic N) is 1. The Labute approximate surface area is 100.0 Å². The molecule has 0 fully saturated rings. The van der Waals surface area contributed by atoms with Crippen molar-refractivity contribution in [1.82, 2.24) is 4.98 Å². The largest absolute Gasteiger partial charge is 0.393 e. The first-order valence-electron chi connectivity index (χ1n) is 5.67. The van der Waals surface area contributed by atoms with Gasteiger partial charge in [-0.15, -0.1) is 11.3 Å². The summed E-state index contributed by atoms with van der Waals surface area (Å²) >= 11 is 1.76. The second-order valence-electron chi connectivity index (χ2n) is 4.47. The van der Waals surface area contributed by atoms with Gasteiger partial charge in [0.2, 0.25) is 0 Å². The highest BCUT2D eigenvalue weighted by Gasteiger charge is 2.10. The molecule has 0 amide bonds. The van der Waals surface area contributed by atoms with Gasteiger partial charge in [0.15, 0.2) is 0 Å². The van der Waals surface area contributed by atoms with Gasteiger partial charge < -0.3 is 5.11 Å². The Bertz CT molecular complexity index is 431. The Morgan fingerprint density at radius 3 is 2.75 bits per heavy atom. The summed E-state index contributed by atoms with van der Waals surface area (Å²) in [6, 6.07) is 8.22. The van der Waals surface area contributed by atoms with E-state index in [0.29, 0.717) is 5.92 Å². The summed E-state index contributed by atoms with van der Waals surface area (Å²) in [5, 5.41) is 10.5. The quantitative estimate of drug-likeness (QED) is 0.882. The van der Waals surface area contributed by atoms with Crippen LogP contribution in [0.3, 0.4) is 0 Å². The van der Waals surface area contributed by atoms with Crippen molar-refractivity contribution in [2.75, 3.05) is 0 Å². The molecule has 2 unspecified atom stereocenters. The number of para-hydroxylation sites is 1. The fraction of sp³-hybridized carbons (Fsp3) is 0.462. The number of fused-ring (bicyclic) bond motifs is 1. The average molecular weight is 235 g/mol. The first-order chi connectivity index (χ1) is 7.65. The topological polar surface area (TPSA) is 33.1 Å². The lowest BCUT2D eigenvalue weighted by molar-refractivity contribution is 0.164. The Hall–Kier alpha value is -0.930. The van der Waals surface area contributed by atoms with E-state index in [2.05, 4.69) is 24.0 Å². The van der Waals surface area contributed by atoms with Crippen molar-refractivity contribution in [1.29, 1.82) is 0 Å². The van der Waals surface area contributed by atoms with Gasteiger partial charge in [0.05, 0.1) is 21.3 Å². The molecule has 0 aliphatic heterocycles. The molecule has 2 aromatic rings. The molecule has 0 bridgehead atoms. The van der Waals surface area contributed by atoms with E-state index in [9.17, 15) is 5.11 Å². The standard InChI is InChI=1S/C13H17NOS/c1-9(7-10(2)15)8-13-14-11-5-3-4-6-12(11)16-13/h3-6,9-10,15H,7-8H2,1-2H3. The molecule has 0 aliphatic rings. The van der Waals surface area contributed by atoms with Crippen molar-refractivity contribution in [2.45, 2.75) is 32.8 Å². The van der Waals surface area contributed by atoms with Gasteiger partial charge in [-0.2, -0.15) is 0 Å². The molecule has 2 nitrogen and oxygen atoms in total. The third kappa shape index (κ3) is 2.80. The summed E-state index contributed by atoms with van der Waals surface area (Å²) in [5.41, 5.74) is 1.09. The van der Waals surface area contributed by atoms with Crippen LogP contribution in [0.15, 0.2) is 24.3 Å². The molecule has 1 N–H and O–H groups in total. The van der Waals surface area contributed by atoms with Crippen molar-refractivity contribution in [3.8, 4) is 0 Å². The first kappa shape index (κ1) is 11.6. The lowest BCUT2D eigenvalue weighted by Crippen LogP contribution is -2.09. The third-order valence-corrected chi connectivity index (χ3v) is 3.66. The van der Waals surface area contributed by atoms with Crippen LogP contribution in [0.1, 0.15) is 25.3 Å². The van der Waals surface area contributed by atoms with E-state index >= 15 is 0 Å². The van der Waals surface area contributed by atoms with Crippen LogP contribution in [0.5, 0.6) is 0 Å². The van der Waals surface area contributed by atoms with Crippen LogP contribution in [0, 0.1) is 5.92 Å². The van der Waals surface area contributed by atoms with Gasteiger partial charge in [0.25, 0.3) is 0 Å². The van der Waals surface area contributed by atoms with Gasteiger partial charge in [-0.3, -0.25) is 0 Å². The summed E-state index contributed by atoms with van der Waals surface area (Å²) in [6.07, 6.45) is 1.59. The maximum absolute atomic E-state index is 9.32. The highest BCUT2D eigenvalue weighted by molar-refractivity contribution is 7.18. The molecule has 1 aromatic heterocycles. The Balaban J connectivity index is 2.09. The molecule has 0 radical (unpaired) electrons. The molecule has 1 aromatic carbocycles. The molecular formula is C13H17NOS. The number of hydrogen-bond donors (Lipinski definition) is 1. The molecule has 1 heterocycles. The smallest absolute Gasteiger partial charge is 0.0941 e. The second kappa shape index (κ2) is 4.93. The number of benzene rings is 1. The lowest BCUT2D eigenvalue weighted by atomic mass is 10.0. The summed E-state index contributed by atoms with van der Waals surface area (Å²) in [6.45, 7) is 4.01. The minimum atomic E-state index is -0.218. The Morgan fingerprint density at radius 2 is 2.06 bits per heavy atom.